The van der Waals surface area contributed by atoms with Gasteiger partial charge in [-0.05, 0) is 12.1 Å². The van der Waals surface area contributed by atoms with Gasteiger partial charge in [0.05, 0.1) is 17.6 Å². The number of aromatic nitrogens is 1. The molecule has 1 aromatic carbocycles. The van der Waals surface area contributed by atoms with Crippen LogP contribution in [0.25, 0.3) is 10.9 Å². The number of rotatable bonds is 2. The van der Waals surface area contributed by atoms with E-state index in [9.17, 15) is 13.6 Å². The van der Waals surface area contributed by atoms with Gasteiger partial charge in [-0.25, -0.2) is 8.78 Å². The Bertz CT molecular complexity index is 569. The SMILES string of the molecule is O=C(O)Cc1ccc2cc(F)c(F)cc2n1. The van der Waals surface area contributed by atoms with Crippen LogP contribution in [0.15, 0.2) is 24.3 Å². The summed E-state index contributed by atoms with van der Waals surface area (Å²) in [4.78, 5) is 14.4. The highest BCUT2D eigenvalue weighted by Gasteiger charge is 2.07. The average molecular weight is 223 g/mol. The first-order chi connectivity index (χ1) is 7.56. The van der Waals surface area contributed by atoms with Crippen molar-refractivity contribution in [2.24, 2.45) is 0 Å². The number of hydrogen-bond acceptors (Lipinski definition) is 2. The van der Waals surface area contributed by atoms with Crippen molar-refractivity contribution >= 4 is 16.9 Å². The fourth-order valence-electron chi connectivity index (χ4n) is 1.41. The van der Waals surface area contributed by atoms with Gasteiger partial charge in [0.25, 0.3) is 0 Å². The number of fused-ring (bicyclic) bond motifs is 1. The molecule has 0 saturated heterocycles. The van der Waals surface area contributed by atoms with Gasteiger partial charge < -0.3 is 5.11 Å². The largest absolute Gasteiger partial charge is 0.481 e. The van der Waals surface area contributed by atoms with E-state index in [0.717, 1.165) is 12.1 Å². The van der Waals surface area contributed by atoms with Crippen LogP contribution in [-0.4, -0.2) is 16.1 Å². The summed E-state index contributed by atoms with van der Waals surface area (Å²) in [5.41, 5.74) is 0.559. The molecule has 1 N–H and O–H groups in total. The van der Waals surface area contributed by atoms with Crippen LogP contribution in [0.1, 0.15) is 5.69 Å². The zero-order chi connectivity index (χ0) is 11.7. The van der Waals surface area contributed by atoms with Crippen LogP contribution >= 0.6 is 0 Å². The Labute approximate surface area is 89.3 Å². The zero-order valence-electron chi connectivity index (χ0n) is 8.08. The Morgan fingerprint density at radius 1 is 1.25 bits per heavy atom. The molecule has 0 bridgehead atoms. The normalized spacial score (nSPS) is 10.6. The van der Waals surface area contributed by atoms with E-state index in [1.165, 1.54) is 12.1 Å². The molecule has 0 aliphatic rings. The van der Waals surface area contributed by atoms with Crippen molar-refractivity contribution < 1.29 is 18.7 Å². The summed E-state index contributed by atoms with van der Waals surface area (Å²) in [6, 6.07) is 4.98. The number of aliphatic carboxylic acids is 1. The van der Waals surface area contributed by atoms with Gasteiger partial charge in [0.1, 0.15) is 0 Å². The molecule has 0 amide bonds. The van der Waals surface area contributed by atoms with Crippen molar-refractivity contribution in [3.8, 4) is 0 Å². The summed E-state index contributed by atoms with van der Waals surface area (Å²) >= 11 is 0. The number of carbonyl (C=O) groups is 1. The van der Waals surface area contributed by atoms with Gasteiger partial charge in [0.2, 0.25) is 0 Å². The van der Waals surface area contributed by atoms with E-state index in [-0.39, 0.29) is 11.9 Å². The van der Waals surface area contributed by atoms with Crippen molar-refractivity contribution in [2.45, 2.75) is 6.42 Å². The van der Waals surface area contributed by atoms with Gasteiger partial charge in [-0.2, -0.15) is 0 Å². The van der Waals surface area contributed by atoms with Gasteiger partial charge in [0.15, 0.2) is 11.6 Å². The van der Waals surface area contributed by atoms with Gasteiger partial charge in [0, 0.05) is 11.5 Å². The second-order valence-electron chi connectivity index (χ2n) is 3.33. The third-order valence-electron chi connectivity index (χ3n) is 2.12. The van der Waals surface area contributed by atoms with E-state index in [4.69, 9.17) is 5.11 Å². The molecule has 1 heterocycles. The third kappa shape index (κ3) is 1.98. The first-order valence-electron chi connectivity index (χ1n) is 4.53. The maximum atomic E-state index is 12.9. The molecule has 82 valence electrons. The minimum atomic E-state index is -1.02. The van der Waals surface area contributed by atoms with Gasteiger partial charge in [-0.3, -0.25) is 9.78 Å². The van der Waals surface area contributed by atoms with Crippen LogP contribution in [0.3, 0.4) is 0 Å². The third-order valence-corrected chi connectivity index (χ3v) is 2.12. The molecule has 0 radical (unpaired) electrons. The molecule has 3 nitrogen and oxygen atoms in total. The first kappa shape index (κ1) is 10.5. The predicted octanol–water partition coefficient (Wildman–Crippen LogP) is 2.14. The standard InChI is InChI=1S/C11H7F2NO2/c12-8-3-6-1-2-7(4-11(15)16)14-10(6)5-9(8)13/h1-3,5H,4H2,(H,15,16). The molecule has 2 rings (SSSR count). The summed E-state index contributed by atoms with van der Waals surface area (Å²) in [6.07, 6.45) is -0.241. The summed E-state index contributed by atoms with van der Waals surface area (Å²) in [6.45, 7) is 0. The Kier molecular flexibility index (Phi) is 2.52. The lowest BCUT2D eigenvalue weighted by molar-refractivity contribution is -0.136. The molecule has 0 saturated carbocycles. The Hall–Kier alpha value is -2.04. The number of pyridine rings is 1. The monoisotopic (exact) mass is 223 g/mol. The average Bonchev–Trinajstić information content (AvgIpc) is 2.19. The lowest BCUT2D eigenvalue weighted by Gasteiger charge is -2.01. The Morgan fingerprint density at radius 2 is 1.94 bits per heavy atom. The van der Waals surface area contributed by atoms with E-state index in [0.29, 0.717) is 11.1 Å². The first-order valence-corrected chi connectivity index (χ1v) is 4.53. The van der Waals surface area contributed by atoms with E-state index >= 15 is 0 Å². The van der Waals surface area contributed by atoms with Crippen molar-refractivity contribution in [3.05, 3.63) is 41.6 Å². The van der Waals surface area contributed by atoms with Crippen LogP contribution in [0, 0.1) is 11.6 Å². The van der Waals surface area contributed by atoms with E-state index in [2.05, 4.69) is 4.98 Å². The van der Waals surface area contributed by atoms with Crippen molar-refractivity contribution in [1.29, 1.82) is 0 Å². The quantitative estimate of drug-likeness (QED) is 0.848. The topological polar surface area (TPSA) is 50.2 Å². The summed E-state index contributed by atoms with van der Waals surface area (Å²) in [7, 11) is 0. The number of carboxylic acids is 1. The fraction of sp³-hybridized carbons (Fsp3) is 0.0909. The molecule has 2 aromatic rings. The van der Waals surface area contributed by atoms with Crippen molar-refractivity contribution in [3.63, 3.8) is 0 Å². The van der Waals surface area contributed by atoms with E-state index < -0.39 is 17.6 Å². The number of hydrogen-bond donors (Lipinski definition) is 1. The fourth-order valence-corrected chi connectivity index (χ4v) is 1.41. The molecular formula is C11H7F2NO2. The predicted molar refractivity (Wildman–Crippen MR) is 53.0 cm³/mol. The summed E-state index contributed by atoms with van der Waals surface area (Å²) < 4.78 is 25.8. The number of nitrogens with zero attached hydrogens (tertiary/aromatic N) is 1. The molecule has 0 aliphatic carbocycles. The maximum Gasteiger partial charge on any atom is 0.309 e. The molecule has 1 aromatic heterocycles. The number of benzene rings is 1. The van der Waals surface area contributed by atoms with Crippen LogP contribution in [0.4, 0.5) is 8.78 Å². The van der Waals surface area contributed by atoms with Crippen molar-refractivity contribution in [1.82, 2.24) is 4.98 Å². The molecule has 0 fully saturated rings. The lowest BCUT2D eigenvalue weighted by Crippen LogP contribution is -2.02. The zero-order valence-corrected chi connectivity index (χ0v) is 8.08. The van der Waals surface area contributed by atoms with Crippen LogP contribution < -0.4 is 0 Å². The number of carboxylic acid groups (broad SMARTS) is 1. The minimum absolute atomic E-state index is 0.241. The van der Waals surface area contributed by atoms with Gasteiger partial charge in [-0.1, -0.05) is 6.07 Å². The second kappa shape index (κ2) is 3.84. The highest BCUT2D eigenvalue weighted by molar-refractivity contribution is 5.79. The Balaban J connectivity index is 2.53. The van der Waals surface area contributed by atoms with Crippen LogP contribution in [-0.2, 0) is 11.2 Å². The molecule has 0 unspecified atom stereocenters. The smallest absolute Gasteiger partial charge is 0.309 e. The summed E-state index contributed by atoms with van der Waals surface area (Å²) in [5.74, 6) is -2.96. The molecule has 0 atom stereocenters. The van der Waals surface area contributed by atoms with Gasteiger partial charge >= 0.3 is 5.97 Å². The van der Waals surface area contributed by atoms with Crippen LogP contribution in [0.5, 0.6) is 0 Å². The van der Waals surface area contributed by atoms with Crippen molar-refractivity contribution in [2.75, 3.05) is 0 Å². The lowest BCUT2D eigenvalue weighted by atomic mass is 10.1. The minimum Gasteiger partial charge on any atom is -0.481 e. The van der Waals surface area contributed by atoms with E-state index in [1.54, 1.807) is 0 Å². The summed E-state index contributed by atoms with van der Waals surface area (Å²) in [5, 5.41) is 9.00. The second-order valence-corrected chi connectivity index (χ2v) is 3.33. The van der Waals surface area contributed by atoms with Gasteiger partial charge in [-0.15, -0.1) is 0 Å². The van der Waals surface area contributed by atoms with Crippen LogP contribution in [0.2, 0.25) is 0 Å². The highest BCUT2D eigenvalue weighted by atomic mass is 19.2. The molecule has 0 spiro atoms. The molecule has 0 aliphatic heterocycles. The Morgan fingerprint density at radius 3 is 2.62 bits per heavy atom. The number of halogens is 2. The molecule has 16 heavy (non-hydrogen) atoms. The molecule has 5 heteroatoms. The van der Waals surface area contributed by atoms with E-state index in [1.807, 2.05) is 0 Å². The maximum absolute atomic E-state index is 12.9. The molecular weight excluding hydrogens is 216 g/mol. The highest BCUT2D eigenvalue weighted by Crippen LogP contribution is 2.17.